The zero-order valence-electron chi connectivity index (χ0n) is 14.4. The number of benzene rings is 1. The van der Waals surface area contributed by atoms with Crippen LogP contribution in [0, 0.1) is 6.92 Å². The average molecular weight is 376 g/mol. The lowest BCUT2D eigenvalue weighted by molar-refractivity contribution is 0.203. The van der Waals surface area contributed by atoms with Gasteiger partial charge in [-0.15, -0.1) is 10.2 Å². The van der Waals surface area contributed by atoms with E-state index in [1.807, 2.05) is 19.1 Å². The quantitative estimate of drug-likeness (QED) is 0.695. The standard InChI is InChI=1S/C17H18ClN5O3/c1-3-8-23(17(24)19-14-9-11(2)26-22-14)10-15-20-21-16(25-15)12-6-4-5-7-13(12)18/h4-7,9H,3,8,10H2,1-2H3,(H,19,22,24). The van der Waals surface area contributed by atoms with Crippen LogP contribution in [0.3, 0.4) is 0 Å². The molecule has 0 saturated heterocycles. The van der Waals surface area contributed by atoms with Gasteiger partial charge in [-0.2, -0.15) is 0 Å². The van der Waals surface area contributed by atoms with Gasteiger partial charge in [-0.1, -0.05) is 35.8 Å². The molecule has 0 fully saturated rings. The maximum absolute atomic E-state index is 12.5. The van der Waals surface area contributed by atoms with Crippen LogP contribution in [0.25, 0.3) is 11.5 Å². The zero-order chi connectivity index (χ0) is 18.5. The summed E-state index contributed by atoms with van der Waals surface area (Å²) in [6.45, 7) is 4.42. The van der Waals surface area contributed by atoms with Gasteiger partial charge in [0.05, 0.1) is 10.6 Å². The number of amides is 2. The molecule has 0 aliphatic rings. The van der Waals surface area contributed by atoms with Gasteiger partial charge in [-0.25, -0.2) is 4.79 Å². The van der Waals surface area contributed by atoms with Gasteiger partial charge >= 0.3 is 6.03 Å². The molecule has 3 rings (SSSR count). The number of aromatic nitrogens is 3. The zero-order valence-corrected chi connectivity index (χ0v) is 15.2. The number of hydrogen-bond acceptors (Lipinski definition) is 6. The van der Waals surface area contributed by atoms with Crippen molar-refractivity contribution in [1.82, 2.24) is 20.3 Å². The van der Waals surface area contributed by atoms with E-state index in [2.05, 4.69) is 20.7 Å². The number of nitrogens with one attached hydrogen (secondary N) is 1. The van der Waals surface area contributed by atoms with E-state index in [0.717, 1.165) is 6.42 Å². The van der Waals surface area contributed by atoms with Gasteiger partial charge in [0.1, 0.15) is 12.3 Å². The Hall–Kier alpha value is -2.87. The van der Waals surface area contributed by atoms with Crippen molar-refractivity contribution in [3.05, 3.63) is 47.0 Å². The molecule has 0 atom stereocenters. The van der Waals surface area contributed by atoms with Crippen molar-refractivity contribution in [2.45, 2.75) is 26.8 Å². The molecular formula is C17H18ClN5O3. The molecule has 2 amide bonds. The summed E-state index contributed by atoms with van der Waals surface area (Å²) in [6.07, 6.45) is 0.775. The molecule has 2 aromatic heterocycles. The van der Waals surface area contributed by atoms with E-state index in [1.165, 1.54) is 0 Å². The number of rotatable bonds is 6. The Morgan fingerprint density at radius 2 is 2.12 bits per heavy atom. The van der Waals surface area contributed by atoms with E-state index in [9.17, 15) is 4.79 Å². The van der Waals surface area contributed by atoms with Crippen molar-refractivity contribution >= 4 is 23.4 Å². The molecular weight excluding hydrogens is 358 g/mol. The second-order valence-electron chi connectivity index (χ2n) is 5.66. The van der Waals surface area contributed by atoms with E-state index in [0.29, 0.717) is 40.5 Å². The number of aryl methyl sites for hydroxylation is 1. The SMILES string of the molecule is CCCN(Cc1nnc(-c2ccccc2Cl)o1)C(=O)Nc1cc(C)on1. The summed E-state index contributed by atoms with van der Waals surface area (Å²) in [4.78, 5) is 14.0. The molecule has 0 aliphatic carbocycles. The highest BCUT2D eigenvalue weighted by molar-refractivity contribution is 6.33. The highest BCUT2D eigenvalue weighted by atomic mass is 35.5. The molecule has 136 valence electrons. The fraction of sp³-hybridized carbons (Fsp3) is 0.294. The van der Waals surface area contributed by atoms with E-state index < -0.39 is 0 Å². The third kappa shape index (κ3) is 4.20. The number of hydrogen-bond donors (Lipinski definition) is 1. The molecule has 8 nitrogen and oxygen atoms in total. The van der Waals surface area contributed by atoms with Crippen molar-refractivity contribution in [2.24, 2.45) is 0 Å². The van der Waals surface area contributed by atoms with Crippen LogP contribution < -0.4 is 5.32 Å². The Morgan fingerprint density at radius 1 is 1.31 bits per heavy atom. The summed E-state index contributed by atoms with van der Waals surface area (Å²) in [5, 5.41) is 15.0. The first-order chi connectivity index (χ1) is 12.6. The van der Waals surface area contributed by atoms with Gasteiger partial charge in [0.25, 0.3) is 0 Å². The summed E-state index contributed by atoms with van der Waals surface area (Å²) in [5.41, 5.74) is 0.650. The van der Waals surface area contributed by atoms with Crippen LogP contribution in [0.1, 0.15) is 25.0 Å². The van der Waals surface area contributed by atoms with Crippen molar-refractivity contribution < 1.29 is 13.7 Å². The first-order valence-electron chi connectivity index (χ1n) is 8.13. The van der Waals surface area contributed by atoms with E-state index in [-0.39, 0.29) is 12.6 Å². The second kappa shape index (κ2) is 8.01. The first-order valence-corrected chi connectivity index (χ1v) is 8.51. The third-order valence-corrected chi connectivity index (χ3v) is 3.87. The number of nitrogens with zero attached hydrogens (tertiary/aromatic N) is 4. The number of anilines is 1. The summed E-state index contributed by atoms with van der Waals surface area (Å²) in [5.74, 6) is 1.61. The lowest BCUT2D eigenvalue weighted by atomic mass is 10.2. The Bertz CT molecular complexity index is 892. The van der Waals surface area contributed by atoms with Crippen LogP contribution in [-0.2, 0) is 6.54 Å². The molecule has 3 aromatic rings. The molecule has 0 unspecified atom stereocenters. The topological polar surface area (TPSA) is 97.3 Å². The first kappa shape index (κ1) is 17.9. The van der Waals surface area contributed by atoms with Gasteiger partial charge in [0.15, 0.2) is 5.82 Å². The molecule has 1 N–H and O–H groups in total. The van der Waals surface area contributed by atoms with E-state index >= 15 is 0 Å². The maximum atomic E-state index is 12.5. The second-order valence-corrected chi connectivity index (χ2v) is 6.06. The van der Waals surface area contributed by atoms with Crippen molar-refractivity contribution in [3.8, 4) is 11.5 Å². The van der Waals surface area contributed by atoms with Crippen LogP contribution in [-0.4, -0.2) is 32.8 Å². The fourth-order valence-corrected chi connectivity index (χ4v) is 2.58. The van der Waals surface area contributed by atoms with E-state index in [1.54, 1.807) is 30.0 Å². The van der Waals surface area contributed by atoms with E-state index in [4.69, 9.17) is 20.5 Å². The molecule has 9 heteroatoms. The molecule has 2 heterocycles. The van der Waals surface area contributed by atoms with Crippen molar-refractivity contribution in [1.29, 1.82) is 0 Å². The largest absolute Gasteiger partial charge is 0.419 e. The minimum absolute atomic E-state index is 0.175. The average Bonchev–Trinajstić information content (AvgIpc) is 3.24. The predicted octanol–water partition coefficient (Wildman–Crippen LogP) is 4.13. The highest BCUT2D eigenvalue weighted by Crippen LogP contribution is 2.26. The molecule has 26 heavy (non-hydrogen) atoms. The molecule has 0 bridgehead atoms. The van der Waals surface area contributed by atoms with Crippen molar-refractivity contribution in [3.63, 3.8) is 0 Å². The highest BCUT2D eigenvalue weighted by Gasteiger charge is 2.19. The molecule has 0 spiro atoms. The molecule has 0 saturated carbocycles. The van der Waals surface area contributed by atoms with Gasteiger partial charge in [-0.05, 0) is 25.5 Å². The molecule has 1 aromatic carbocycles. The number of carbonyl (C=O) groups is 1. The number of urea groups is 1. The number of carbonyl (C=O) groups excluding carboxylic acids is 1. The normalized spacial score (nSPS) is 10.7. The van der Waals surface area contributed by atoms with Gasteiger partial charge < -0.3 is 13.8 Å². The summed E-state index contributed by atoms with van der Waals surface area (Å²) in [6, 6.07) is 8.52. The molecule has 0 aliphatic heterocycles. The minimum Gasteiger partial charge on any atom is -0.419 e. The minimum atomic E-state index is -0.322. The van der Waals surface area contributed by atoms with Crippen LogP contribution in [0.2, 0.25) is 5.02 Å². The monoisotopic (exact) mass is 375 g/mol. The van der Waals surface area contributed by atoms with Gasteiger partial charge in [0, 0.05) is 12.6 Å². The number of halogens is 1. The maximum Gasteiger partial charge on any atom is 0.323 e. The summed E-state index contributed by atoms with van der Waals surface area (Å²) >= 11 is 6.15. The Balaban J connectivity index is 1.72. The Labute approximate surface area is 155 Å². The third-order valence-electron chi connectivity index (χ3n) is 3.54. The Morgan fingerprint density at radius 3 is 2.81 bits per heavy atom. The van der Waals surface area contributed by atoms with Crippen LogP contribution in [0.5, 0.6) is 0 Å². The lowest BCUT2D eigenvalue weighted by Crippen LogP contribution is -2.35. The van der Waals surface area contributed by atoms with Crippen LogP contribution in [0.4, 0.5) is 10.6 Å². The van der Waals surface area contributed by atoms with Crippen LogP contribution >= 0.6 is 11.6 Å². The lowest BCUT2D eigenvalue weighted by Gasteiger charge is -2.19. The van der Waals surface area contributed by atoms with Gasteiger partial charge in [0.2, 0.25) is 11.8 Å². The fourth-order valence-electron chi connectivity index (χ4n) is 2.36. The molecule has 0 radical (unpaired) electrons. The smallest absolute Gasteiger partial charge is 0.323 e. The summed E-state index contributed by atoms with van der Waals surface area (Å²) < 4.78 is 10.6. The van der Waals surface area contributed by atoms with Gasteiger partial charge in [-0.3, -0.25) is 5.32 Å². The van der Waals surface area contributed by atoms with Crippen LogP contribution in [0.15, 0.2) is 39.3 Å². The van der Waals surface area contributed by atoms with Crippen molar-refractivity contribution in [2.75, 3.05) is 11.9 Å². The predicted molar refractivity (Wildman–Crippen MR) is 95.7 cm³/mol. The summed E-state index contributed by atoms with van der Waals surface area (Å²) in [7, 11) is 0. The Kier molecular flexibility index (Phi) is 5.52.